The number of carbonyl (C=O) groups is 4. The van der Waals surface area contributed by atoms with E-state index in [-0.39, 0.29) is 11.2 Å². The lowest BCUT2D eigenvalue weighted by Gasteiger charge is -2.43. The van der Waals surface area contributed by atoms with Crippen LogP contribution in [-0.2, 0) is 42.9 Å². The molecule has 0 N–H and O–H groups in total. The van der Waals surface area contributed by atoms with Crippen LogP contribution in [0.2, 0.25) is 0 Å². The maximum Gasteiger partial charge on any atom is 0.303 e. The number of carbonyl (C=O) groups excluding carboxylic acids is 4. The van der Waals surface area contributed by atoms with Crippen LogP contribution in [-0.4, -0.2) is 70.9 Å². The van der Waals surface area contributed by atoms with Crippen molar-refractivity contribution in [2.24, 2.45) is 0 Å². The van der Waals surface area contributed by atoms with Gasteiger partial charge in [-0.05, 0) is 12.1 Å². The summed E-state index contributed by atoms with van der Waals surface area (Å²) in [5.74, 6) is -2.95. The van der Waals surface area contributed by atoms with E-state index < -0.39 is 66.7 Å². The number of fused-ring (bicyclic) bond motifs is 1. The molecule has 1 aromatic heterocycles. The van der Waals surface area contributed by atoms with E-state index >= 15 is 0 Å². The van der Waals surface area contributed by atoms with E-state index in [1.54, 1.807) is 54.6 Å². The molecule has 0 bridgehead atoms. The van der Waals surface area contributed by atoms with Gasteiger partial charge in [-0.3, -0.25) is 24.0 Å². The zero-order chi connectivity index (χ0) is 29.7. The molecule has 3 aromatic rings. The van der Waals surface area contributed by atoms with E-state index in [9.17, 15) is 24.0 Å². The van der Waals surface area contributed by atoms with Crippen molar-refractivity contribution in [3.8, 4) is 11.4 Å². The topological polar surface area (TPSA) is 159 Å². The molecular formula is C28H28N2O11. The highest BCUT2D eigenvalue weighted by Crippen LogP contribution is 2.30. The van der Waals surface area contributed by atoms with Crippen LogP contribution >= 0.6 is 0 Å². The quantitative estimate of drug-likeness (QED) is 0.286. The van der Waals surface area contributed by atoms with Crippen molar-refractivity contribution in [3.05, 3.63) is 65.0 Å². The molecule has 5 atom stereocenters. The number of rotatable bonds is 8. The molecule has 2 heterocycles. The van der Waals surface area contributed by atoms with Gasteiger partial charge in [-0.1, -0.05) is 42.5 Å². The number of nitrogens with zero attached hydrogens (tertiary/aromatic N) is 2. The molecule has 0 unspecified atom stereocenters. The predicted octanol–water partition coefficient (Wildman–Crippen LogP) is 1.58. The Morgan fingerprint density at radius 3 is 2.00 bits per heavy atom. The maximum atomic E-state index is 13.7. The van der Waals surface area contributed by atoms with E-state index in [1.165, 1.54) is 0 Å². The second kappa shape index (κ2) is 12.6. The first-order valence-corrected chi connectivity index (χ1v) is 12.6. The lowest BCUT2D eigenvalue weighted by molar-refractivity contribution is -0.307. The molecule has 1 fully saturated rings. The van der Waals surface area contributed by atoms with Crippen LogP contribution in [0.1, 0.15) is 27.7 Å². The Morgan fingerprint density at radius 1 is 0.780 bits per heavy atom. The molecule has 0 saturated carbocycles. The lowest BCUT2D eigenvalue weighted by Crippen LogP contribution is -2.64. The van der Waals surface area contributed by atoms with E-state index in [0.29, 0.717) is 11.1 Å². The Kier molecular flexibility index (Phi) is 8.97. The molecule has 4 rings (SSSR count). The van der Waals surface area contributed by atoms with Crippen LogP contribution in [0.15, 0.2) is 59.4 Å². The molecule has 216 valence electrons. The third kappa shape index (κ3) is 6.87. The molecule has 41 heavy (non-hydrogen) atoms. The lowest BCUT2D eigenvalue weighted by atomic mass is 9.98. The van der Waals surface area contributed by atoms with Gasteiger partial charge in [0, 0.05) is 33.3 Å². The summed E-state index contributed by atoms with van der Waals surface area (Å²) in [6.07, 6.45) is -7.26. The van der Waals surface area contributed by atoms with Gasteiger partial charge in [0.25, 0.3) is 11.8 Å². The summed E-state index contributed by atoms with van der Waals surface area (Å²) in [5, 5.41) is 0.220. The SMILES string of the molecule is CC(=O)OC[C@H]1O[C@@H](On2c(-c3ccccc3)nc3ccccc3c2=O)[C@H](OC(C)=O)[C@@H](OC(C)=O)[C@@H]1OC(C)=O. The van der Waals surface area contributed by atoms with Crippen LogP contribution in [0.4, 0.5) is 0 Å². The fraction of sp³-hybridized carbons (Fsp3) is 0.357. The number of ether oxygens (including phenoxy) is 5. The van der Waals surface area contributed by atoms with E-state index in [2.05, 4.69) is 4.98 Å². The minimum absolute atomic E-state index is 0.0992. The van der Waals surface area contributed by atoms with Gasteiger partial charge < -0.3 is 28.5 Å². The predicted molar refractivity (Wildman–Crippen MR) is 140 cm³/mol. The van der Waals surface area contributed by atoms with Crippen molar-refractivity contribution in [3.63, 3.8) is 0 Å². The Balaban J connectivity index is 1.86. The summed E-state index contributed by atoms with van der Waals surface area (Å²) in [4.78, 5) is 72.2. The fourth-order valence-electron chi connectivity index (χ4n) is 4.36. The van der Waals surface area contributed by atoms with Gasteiger partial charge in [-0.25, -0.2) is 4.98 Å². The van der Waals surface area contributed by atoms with Crippen molar-refractivity contribution >= 4 is 34.8 Å². The molecule has 1 aliphatic heterocycles. The fourth-order valence-corrected chi connectivity index (χ4v) is 4.36. The third-order valence-corrected chi connectivity index (χ3v) is 5.93. The first-order valence-electron chi connectivity index (χ1n) is 12.6. The van der Waals surface area contributed by atoms with E-state index in [4.69, 9.17) is 28.5 Å². The average molecular weight is 569 g/mol. The Hall–Kier alpha value is -4.78. The van der Waals surface area contributed by atoms with Crippen LogP contribution in [0.3, 0.4) is 0 Å². The summed E-state index contributed by atoms with van der Waals surface area (Å²) >= 11 is 0. The van der Waals surface area contributed by atoms with Crippen molar-refractivity contribution < 1.29 is 47.7 Å². The van der Waals surface area contributed by atoms with Crippen molar-refractivity contribution in [2.45, 2.75) is 58.4 Å². The van der Waals surface area contributed by atoms with E-state index in [1.807, 2.05) is 0 Å². The molecule has 2 aromatic carbocycles. The first-order chi connectivity index (χ1) is 19.5. The summed E-state index contributed by atoms with van der Waals surface area (Å²) in [6.45, 7) is 4.03. The van der Waals surface area contributed by atoms with Crippen molar-refractivity contribution in [1.29, 1.82) is 0 Å². The number of hydrogen-bond donors (Lipinski definition) is 0. The Bertz CT molecular complexity index is 1500. The molecular weight excluding hydrogens is 540 g/mol. The number of para-hydroxylation sites is 1. The Morgan fingerprint density at radius 2 is 1.37 bits per heavy atom. The van der Waals surface area contributed by atoms with Gasteiger partial charge in [0.05, 0.1) is 10.9 Å². The minimum atomic E-state index is -1.63. The van der Waals surface area contributed by atoms with Gasteiger partial charge in [-0.15, -0.1) is 4.73 Å². The van der Waals surface area contributed by atoms with Gasteiger partial charge >= 0.3 is 23.9 Å². The normalized spacial score (nSPS) is 21.9. The number of esters is 4. The van der Waals surface area contributed by atoms with Crippen LogP contribution in [0.25, 0.3) is 22.3 Å². The molecule has 0 aliphatic carbocycles. The summed E-state index contributed by atoms with van der Waals surface area (Å²) in [7, 11) is 0. The summed E-state index contributed by atoms with van der Waals surface area (Å²) in [5.41, 5.74) is 0.307. The molecule has 13 nitrogen and oxygen atoms in total. The third-order valence-electron chi connectivity index (χ3n) is 5.93. The Labute approximate surface area is 233 Å². The molecule has 0 spiro atoms. The number of aromatic nitrogens is 2. The van der Waals surface area contributed by atoms with Crippen molar-refractivity contribution in [1.82, 2.24) is 9.71 Å². The van der Waals surface area contributed by atoms with Crippen LogP contribution in [0, 0.1) is 0 Å². The van der Waals surface area contributed by atoms with Crippen molar-refractivity contribution in [2.75, 3.05) is 6.61 Å². The highest BCUT2D eigenvalue weighted by atomic mass is 16.8. The van der Waals surface area contributed by atoms with E-state index in [0.717, 1.165) is 32.4 Å². The summed E-state index contributed by atoms with van der Waals surface area (Å²) in [6, 6.07) is 15.3. The summed E-state index contributed by atoms with van der Waals surface area (Å²) < 4.78 is 28.3. The zero-order valence-corrected chi connectivity index (χ0v) is 22.7. The number of benzene rings is 2. The molecule has 13 heteroatoms. The maximum absolute atomic E-state index is 13.7. The number of hydrogen-bond acceptors (Lipinski definition) is 12. The highest BCUT2D eigenvalue weighted by Gasteiger charge is 2.54. The molecule has 1 saturated heterocycles. The standard InChI is InChI=1S/C28H28N2O11/c1-15(31)36-14-22-23(37-16(2)32)24(38-17(3)33)25(39-18(4)34)28(40-22)41-30-26(19-10-6-5-7-11-19)29-21-13-9-8-12-20(21)27(30)35/h5-13,22-25,28H,14H2,1-4H3/t22-,23-,24+,25-,28+/m1/s1. The smallest absolute Gasteiger partial charge is 0.303 e. The van der Waals surface area contributed by atoms with Crippen LogP contribution < -0.4 is 10.4 Å². The average Bonchev–Trinajstić information content (AvgIpc) is 2.92. The zero-order valence-electron chi connectivity index (χ0n) is 22.7. The molecule has 0 amide bonds. The van der Waals surface area contributed by atoms with Gasteiger partial charge in [-0.2, -0.15) is 0 Å². The van der Waals surface area contributed by atoms with Gasteiger partial charge in [0.15, 0.2) is 18.0 Å². The monoisotopic (exact) mass is 568 g/mol. The largest absolute Gasteiger partial charge is 0.463 e. The molecule has 1 aliphatic rings. The highest BCUT2D eigenvalue weighted by molar-refractivity contribution is 5.79. The van der Waals surface area contributed by atoms with Crippen LogP contribution in [0.5, 0.6) is 0 Å². The first kappa shape index (κ1) is 29.2. The van der Waals surface area contributed by atoms with Gasteiger partial charge in [0.1, 0.15) is 12.7 Å². The second-order valence-electron chi connectivity index (χ2n) is 9.09. The minimum Gasteiger partial charge on any atom is -0.463 e. The second-order valence-corrected chi connectivity index (χ2v) is 9.09. The molecule has 0 radical (unpaired) electrons. The van der Waals surface area contributed by atoms with Gasteiger partial charge in [0.2, 0.25) is 6.10 Å².